The first-order valence-corrected chi connectivity index (χ1v) is 7.47. The monoisotopic (exact) mass is 284 g/mol. The number of hydrogen-bond acceptors (Lipinski definition) is 2. The molecule has 110 valence electrons. The van der Waals surface area contributed by atoms with Gasteiger partial charge in [0.25, 0.3) is 0 Å². The number of fused-ring (bicyclic) bond motifs is 1. The SMILES string of the molecule is CC1Cc2ccccc2N(c2c(F)cccc2[C@H](C)N)C1. The largest absolute Gasteiger partial charge is 0.338 e. The van der Waals surface area contributed by atoms with Crippen molar-refractivity contribution < 1.29 is 4.39 Å². The van der Waals surface area contributed by atoms with Gasteiger partial charge in [0.15, 0.2) is 0 Å². The molecule has 1 aliphatic rings. The van der Waals surface area contributed by atoms with Crippen molar-refractivity contribution in [3.05, 3.63) is 59.4 Å². The molecule has 0 saturated carbocycles. The van der Waals surface area contributed by atoms with Crippen molar-refractivity contribution >= 4 is 11.4 Å². The van der Waals surface area contributed by atoms with Gasteiger partial charge in [0, 0.05) is 18.3 Å². The van der Waals surface area contributed by atoms with Crippen molar-refractivity contribution in [1.82, 2.24) is 0 Å². The maximum atomic E-state index is 14.5. The fourth-order valence-corrected chi connectivity index (χ4v) is 3.19. The Balaban J connectivity index is 2.17. The number of nitrogens with two attached hydrogens (primary N) is 1. The summed E-state index contributed by atoms with van der Waals surface area (Å²) in [4.78, 5) is 2.09. The zero-order chi connectivity index (χ0) is 15.0. The van der Waals surface area contributed by atoms with Gasteiger partial charge in [-0.05, 0) is 42.5 Å². The van der Waals surface area contributed by atoms with Crippen LogP contribution in [0.1, 0.15) is 31.0 Å². The van der Waals surface area contributed by atoms with E-state index in [1.165, 1.54) is 11.6 Å². The van der Waals surface area contributed by atoms with Crippen molar-refractivity contribution in [1.29, 1.82) is 0 Å². The van der Waals surface area contributed by atoms with E-state index in [0.29, 0.717) is 11.6 Å². The average Bonchev–Trinajstić information content (AvgIpc) is 2.46. The van der Waals surface area contributed by atoms with Crippen molar-refractivity contribution in [2.45, 2.75) is 26.3 Å². The van der Waals surface area contributed by atoms with E-state index in [0.717, 1.165) is 24.2 Å². The Morgan fingerprint density at radius 1 is 1.19 bits per heavy atom. The van der Waals surface area contributed by atoms with E-state index in [9.17, 15) is 4.39 Å². The second-order valence-corrected chi connectivity index (χ2v) is 6.01. The van der Waals surface area contributed by atoms with Crippen LogP contribution >= 0.6 is 0 Å². The van der Waals surface area contributed by atoms with Crippen LogP contribution in [-0.2, 0) is 6.42 Å². The first-order chi connectivity index (χ1) is 10.1. The molecule has 0 bridgehead atoms. The van der Waals surface area contributed by atoms with Gasteiger partial charge < -0.3 is 10.6 Å². The molecule has 0 aliphatic carbocycles. The van der Waals surface area contributed by atoms with Crippen LogP contribution in [0.15, 0.2) is 42.5 Å². The summed E-state index contributed by atoms with van der Waals surface area (Å²) in [5.74, 6) is 0.286. The van der Waals surface area contributed by atoms with Crippen molar-refractivity contribution in [3.63, 3.8) is 0 Å². The molecule has 3 heteroatoms. The highest BCUT2D eigenvalue weighted by Crippen LogP contribution is 2.39. The molecule has 3 rings (SSSR count). The van der Waals surface area contributed by atoms with Crippen LogP contribution in [-0.4, -0.2) is 6.54 Å². The number of hydrogen-bond donors (Lipinski definition) is 1. The average molecular weight is 284 g/mol. The Labute approximate surface area is 125 Å². The third kappa shape index (κ3) is 2.54. The summed E-state index contributed by atoms with van der Waals surface area (Å²) >= 11 is 0. The third-order valence-electron chi connectivity index (χ3n) is 4.12. The first-order valence-electron chi connectivity index (χ1n) is 7.47. The topological polar surface area (TPSA) is 29.3 Å². The standard InChI is InChI=1S/C18H21FN2/c1-12-10-14-6-3-4-9-17(14)21(11-12)18-15(13(2)20)7-5-8-16(18)19/h3-9,12-13H,10-11,20H2,1-2H3/t12?,13-/m0/s1. The second kappa shape index (κ2) is 5.49. The number of benzene rings is 2. The van der Waals surface area contributed by atoms with Crippen LogP contribution in [0.2, 0.25) is 0 Å². The maximum Gasteiger partial charge on any atom is 0.147 e. The number of para-hydroxylation sites is 2. The van der Waals surface area contributed by atoms with Crippen molar-refractivity contribution in [2.24, 2.45) is 11.7 Å². The van der Waals surface area contributed by atoms with Gasteiger partial charge in [0.1, 0.15) is 5.82 Å². The Hall–Kier alpha value is -1.87. The summed E-state index contributed by atoms with van der Waals surface area (Å²) in [6.07, 6.45) is 1.04. The summed E-state index contributed by atoms with van der Waals surface area (Å²) in [5.41, 5.74) is 9.92. The zero-order valence-corrected chi connectivity index (χ0v) is 12.5. The molecule has 2 N–H and O–H groups in total. The number of anilines is 2. The first kappa shape index (κ1) is 14.1. The molecule has 2 aromatic carbocycles. The van der Waals surface area contributed by atoms with E-state index in [4.69, 9.17) is 5.73 Å². The molecule has 0 spiro atoms. The van der Waals surface area contributed by atoms with E-state index >= 15 is 0 Å². The predicted octanol–water partition coefficient (Wildman–Crippen LogP) is 4.18. The predicted molar refractivity (Wildman–Crippen MR) is 85.3 cm³/mol. The lowest BCUT2D eigenvalue weighted by Gasteiger charge is -2.36. The molecule has 2 atom stereocenters. The summed E-state index contributed by atoms with van der Waals surface area (Å²) in [6.45, 7) is 4.92. The quantitative estimate of drug-likeness (QED) is 0.896. The summed E-state index contributed by atoms with van der Waals surface area (Å²) in [7, 11) is 0. The summed E-state index contributed by atoms with van der Waals surface area (Å²) in [6, 6.07) is 13.2. The maximum absolute atomic E-state index is 14.5. The van der Waals surface area contributed by atoms with E-state index in [1.54, 1.807) is 6.07 Å². The van der Waals surface area contributed by atoms with E-state index in [-0.39, 0.29) is 11.9 Å². The van der Waals surface area contributed by atoms with Gasteiger partial charge in [-0.25, -0.2) is 4.39 Å². The Bertz CT molecular complexity index is 651. The van der Waals surface area contributed by atoms with Crippen LogP contribution in [0, 0.1) is 11.7 Å². The molecular formula is C18H21FN2. The fourth-order valence-electron chi connectivity index (χ4n) is 3.19. The number of nitrogens with zero attached hydrogens (tertiary/aromatic N) is 1. The Morgan fingerprint density at radius 3 is 2.71 bits per heavy atom. The molecule has 0 amide bonds. The van der Waals surface area contributed by atoms with Gasteiger partial charge in [-0.2, -0.15) is 0 Å². The van der Waals surface area contributed by atoms with Gasteiger partial charge in [-0.15, -0.1) is 0 Å². The molecule has 1 heterocycles. The van der Waals surface area contributed by atoms with Gasteiger partial charge in [0.2, 0.25) is 0 Å². The minimum absolute atomic E-state index is 0.194. The highest BCUT2D eigenvalue weighted by atomic mass is 19.1. The van der Waals surface area contributed by atoms with E-state index < -0.39 is 0 Å². The third-order valence-corrected chi connectivity index (χ3v) is 4.12. The van der Waals surface area contributed by atoms with Crippen LogP contribution in [0.4, 0.5) is 15.8 Å². The van der Waals surface area contributed by atoms with Crippen molar-refractivity contribution in [3.8, 4) is 0 Å². The molecule has 2 nitrogen and oxygen atoms in total. The van der Waals surface area contributed by atoms with Crippen LogP contribution < -0.4 is 10.6 Å². The van der Waals surface area contributed by atoms with Crippen LogP contribution in [0.25, 0.3) is 0 Å². The molecule has 2 aromatic rings. The molecular weight excluding hydrogens is 263 g/mol. The van der Waals surface area contributed by atoms with Crippen molar-refractivity contribution in [2.75, 3.05) is 11.4 Å². The molecule has 1 aliphatic heterocycles. The molecule has 0 saturated heterocycles. The molecule has 21 heavy (non-hydrogen) atoms. The highest BCUT2D eigenvalue weighted by molar-refractivity contribution is 5.71. The van der Waals surface area contributed by atoms with E-state index in [2.05, 4.69) is 24.0 Å². The molecule has 0 aromatic heterocycles. The second-order valence-electron chi connectivity index (χ2n) is 6.01. The fraction of sp³-hybridized carbons (Fsp3) is 0.333. The van der Waals surface area contributed by atoms with Crippen LogP contribution in [0.3, 0.4) is 0 Å². The lowest BCUT2D eigenvalue weighted by atomic mass is 9.92. The van der Waals surface area contributed by atoms with Crippen LogP contribution in [0.5, 0.6) is 0 Å². The normalized spacial score (nSPS) is 19.2. The highest BCUT2D eigenvalue weighted by Gasteiger charge is 2.26. The molecule has 0 radical (unpaired) electrons. The molecule has 0 fully saturated rings. The van der Waals surface area contributed by atoms with Gasteiger partial charge in [0.05, 0.1) is 5.69 Å². The Kier molecular flexibility index (Phi) is 3.68. The summed E-state index contributed by atoms with van der Waals surface area (Å²) in [5, 5.41) is 0. The lowest BCUT2D eigenvalue weighted by molar-refractivity contribution is 0.549. The number of rotatable bonds is 2. The molecule has 1 unspecified atom stereocenters. The summed E-state index contributed by atoms with van der Waals surface area (Å²) < 4.78 is 14.5. The van der Waals surface area contributed by atoms with Gasteiger partial charge >= 0.3 is 0 Å². The minimum atomic E-state index is -0.200. The zero-order valence-electron chi connectivity index (χ0n) is 12.5. The smallest absolute Gasteiger partial charge is 0.147 e. The number of halogens is 1. The Morgan fingerprint density at radius 2 is 1.95 bits per heavy atom. The van der Waals surface area contributed by atoms with Gasteiger partial charge in [-0.1, -0.05) is 37.3 Å². The lowest BCUT2D eigenvalue weighted by Crippen LogP contribution is -2.32. The van der Waals surface area contributed by atoms with Gasteiger partial charge in [-0.3, -0.25) is 0 Å². The minimum Gasteiger partial charge on any atom is -0.338 e. The van der Waals surface area contributed by atoms with E-state index in [1.807, 2.05) is 25.1 Å².